The molecule has 3 aromatic carbocycles. The van der Waals surface area contributed by atoms with Crippen molar-refractivity contribution in [2.75, 3.05) is 7.05 Å². The molecule has 0 saturated heterocycles. The van der Waals surface area contributed by atoms with E-state index in [0.29, 0.717) is 22.2 Å². The van der Waals surface area contributed by atoms with Gasteiger partial charge in [-0.15, -0.1) is 0 Å². The van der Waals surface area contributed by atoms with Gasteiger partial charge in [-0.3, -0.25) is 4.72 Å². The van der Waals surface area contributed by atoms with Gasteiger partial charge in [0.1, 0.15) is 0 Å². The number of benzene rings is 3. The molecular formula is C22H15F5N2S. The highest BCUT2D eigenvalue weighted by molar-refractivity contribution is 7.97. The van der Waals surface area contributed by atoms with Gasteiger partial charge in [-0.1, -0.05) is 12.1 Å². The van der Waals surface area contributed by atoms with Crippen LogP contribution in [0.3, 0.4) is 0 Å². The first kappa shape index (κ1) is 20.4. The molecule has 1 aromatic heterocycles. The van der Waals surface area contributed by atoms with Crippen molar-refractivity contribution in [3.05, 3.63) is 84.1 Å². The van der Waals surface area contributed by atoms with Gasteiger partial charge < -0.3 is 4.57 Å². The van der Waals surface area contributed by atoms with Gasteiger partial charge in [-0.2, -0.15) is 13.2 Å². The van der Waals surface area contributed by atoms with Crippen LogP contribution in [0.1, 0.15) is 5.56 Å². The van der Waals surface area contributed by atoms with Gasteiger partial charge >= 0.3 is 6.18 Å². The van der Waals surface area contributed by atoms with E-state index < -0.39 is 23.4 Å². The van der Waals surface area contributed by atoms with Gasteiger partial charge in [0.15, 0.2) is 11.6 Å². The van der Waals surface area contributed by atoms with Crippen molar-refractivity contribution in [2.24, 2.45) is 0 Å². The second-order valence-electron chi connectivity index (χ2n) is 6.54. The smallest absolute Gasteiger partial charge is 0.316 e. The predicted octanol–water partition coefficient (Wildman–Crippen LogP) is 6.82. The summed E-state index contributed by atoms with van der Waals surface area (Å²) in [6.07, 6.45) is -2.83. The van der Waals surface area contributed by atoms with Crippen LogP contribution in [0, 0.1) is 11.6 Å². The van der Waals surface area contributed by atoms with Crippen LogP contribution >= 0.6 is 11.9 Å². The molecule has 1 heterocycles. The fraction of sp³-hybridized carbons (Fsp3) is 0.0909. The summed E-state index contributed by atoms with van der Waals surface area (Å²) in [7, 11) is 1.76. The monoisotopic (exact) mass is 434 g/mol. The van der Waals surface area contributed by atoms with Gasteiger partial charge in [0, 0.05) is 33.3 Å². The van der Waals surface area contributed by atoms with Crippen LogP contribution in [-0.2, 0) is 6.18 Å². The minimum Gasteiger partial charge on any atom is -0.316 e. The van der Waals surface area contributed by atoms with E-state index in [1.54, 1.807) is 23.9 Å². The highest BCUT2D eigenvalue weighted by atomic mass is 32.2. The quantitative estimate of drug-likeness (QED) is 0.280. The molecule has 0 saturated carbocycles. The number of halogens is 5. The number of nitrogens with one attached hydrogen (secondary N) is 1. The van der Waals surface area contributed by atoms with E-state index in [2.05, 4.69) is 4.72 Å². The van der Waals surface area contributed by atoms with Crippen LogP contribution in [0.25, 0.3) is 27.7 Å². The van der Waals surface area contributed by atoms with E-state index in [1.165, 1.54) is 36.2 Å². The average Bonchev–Trinajstić information content (AvgIpc) is 3.08. The molecule has 0 aliphatic carbocycles. The molecule has 30 heavy (non-hydrogen) atoms. The molecule has 4 aromatic rings. The molecule has 0 atom stereocenters. The Morgan fingerprint density at radius 2 is 1.63 bits per heavy atom. The molecule has 4 rings (SSSR count). The molecule has 0 unspecified atom stereocenters. The zero-order chi connectivity index (χ0) is 21.5. The normalized spacial score (nSPS) is 11.9. The number of fused-ring (bicyclic) bond motifs is 1. The Bertz CT molecular complexity index is 1210. The van der Waals surface area contributed by atoms with Crippen LogP contribution in [0.2, 0.25) is 0 Å². The summed E-state index contributed by atoms with van der Waals surface area (Å²) in [6, 6.07) is 14.1. The maximum atomic E-state index is 14.5. The van der Waals surface area contributed by atoms with Crippen molar-refractivity contribution >= 4 is 22.9 Å². The Kier molecular flexibility index (Phi) is 5.29. The first-order valence-corrected chi connectivity index (χ1v) is 9.72. The molecule has 0 bridgehead atoms. The molecule has 154 valence electrons. The van der Waals surface area contributed by atoms with E-state index in [4.69, 9.17) is 0 Å². The van der Waals surface area contributed by atoms with Crippen LogP contribution in [0.15, 0.2) is 71.8 Å². The topological polar surface area (TPSA) is 17.0 Å². The number of alkyl halides is 3. The zero-order valence-electron chi connectivity index (χ0n) is 15.6. The summed E-state index contributed by atoms with van der Waals surface area (Å²) in [5.41, 5.74) is 0.906. The fourth-order valence-corrected chi connectivity index (χ4v) is 3.89. The molecule has 0 aliphatic heterocycles. The summed E-state index contributed by atoms with van der Waals surface area (Å²) in [4.78, 5) is 0.855. The lowest BCUT2D eigenvalue weighted by atomic mass is 10.0. The third-order valence-electron chi connectivity index (χ3n) is 4.71. The van der Waals surface area contributed by atoms with Crippen molar-refractivity contribution in [1.29, 1.82) is 0 Å². The van der Waals surface area contributed by atoms with Crippen LogP contribution in [0.5, 0.6) is 0 Å². The second-order valence-corrected chi connectivity index (χ2v) is 7.63. The third-order valence-corrected chi connectivity index (χ3v) is 5.40. The van der Waals surface area contributed by atoms with Gasteiger partial charge in [0.2, 0.25) is 0 Å². The fourth-order valence-electron chi connectivity index (χ4n) is 3.34. The van der Waals surface area contributed by atoms with E-state index in [0.717, 1.165) is 23.1 Å². The molecule has 0 amide bonds. The Morgan fingerprint density at radius 1 is 0.900 bits per heavy atom. The highest BCUT2D eigenvalue weighted by Crippen LogP contribution is 2.37. The van der Waals surface area contributed by atoms with Crippen molar-refractivity contribution in [3.63, 3.8) is 0 Å². The number of nitrogens with zero attached hydrogens (tertiary/aromatic N) is 1. The maximum absolute atomic E-state index is 14.5. The molecule has 1 N–H and O–H groups in total. The summed E-state index contributed by atoms with van der Waals surface area (Å²) in [5.74, 6) is -1.95. The van der Waals surface area contributed by atoms with Crippen molar-refractivity contribution < 1.29 is 22.0 Å². The number of hydrogen-bond donors (Lipinski definition) is 1. The molecule has 8 heteroatoms. The standard InChI is InChI=1S/C22H15F5N2S/c1-28-30-15-9-10-20-17(11-15)18(16-3-2-4-19(23)21(16)24)12-29(20)14-7-5-13(6-8-14)22(25,26)27/h2-12,28H,1H3. The minimum absolute atomic E-state index is 0.0808. The maximum Gasteiger partial charge on any atom is 0.416 e. The SMILES string of the molecule is CNSc1ccc2c(c1)c(-c1cccc(F)c1F)cn2-c1ccc(C(F)(F)F)cc1. The van der Waals surface area contributed by atoms with E-state index in [1.807, 2.05) is 12.1 Å². The summed E-state index contributed by atoms with van der Waals surface area (Å²) in [6.45, 7) is 0. The zero-order valence-corrected chi connectivity index (χ0v) is 16.4. The number of aromatic nitrogens is 1. The van der Waals surface area contributed by atoms with Gasteiger partial charge in [-0.05, 0) is 67.5 Å². The highest BCUT2D eigenvalue weighted by Gasteiger charge is 2.30. The molecule has 2 nitrogen and oxygen atoms in total. The molecular weight excluding hydrogens is 419 g/mol. The first-order valence-electron chi connectivity index (χ1n) is 8.90. The van der Waals surface area contributed by atoms with Gasteiger partial charge in [0.25, 0.3) is 0 Å². The van der Waals surface area contributed by atoms with Gasteiger partial charge in [0.05, 0.1) is 11.1 Å². The Balaban J connectivity index is 1.94. The summed E-state index contributed by atoms with van der Waals surface area (Å²) >= 11 is 1.36. The molecule has 0 fully saturated rings. The van der Waals surface area contributed by atoms with Crippen LogP contribution < -0.4 is 4.72 Å². The minimum atomic E-state index is -4.44. The number of hydrogen-bond acceptors (Lipinski definition) is 2. The lowest BCUT2D eigenvalue weighted by Crippen LogP contribution is -2.04. The van der Waals surface area contributed by atoms with E-state index >= 15 is 0 Å². The first-order chi connectivity index (χ1) is 14.3. The largest absolute Gasteiger partial charge is 0.416 e. The second kappa shape index (κ2) is 7.77. The van der Waals surface area contributed by atoms with Crippen LogP contribution in [-0.4, -0.2) is 11.6 Å². The summed E-state index contributed by atoms with van der Waals surface area (Å²) in [5, 5.41) is 0.652. The van der Waals surface area contributed by atoms with E-state index in [9.17, 15) is 22.0 Å². The summed E-state index contributed by atoms with van der Waals surface area (Å²) < 4.78 is 71.7. The van der Waals surface area contributed by atoms with Crippen LogP contribution in [0.4, 0.5) is 22.0 Å². The van der Waals surface area contributed by atoms with Gasteiger partial charge in [-0.25, -0.2) is 8.78 Å². The van der Waals surface area contributed by atoms with Crippen molar-refractivity contribution in [3.8, 4) is 16.8 Å². The Morgan fingerprint density at radius 3 is 2.30 bits per heavy atom. The van der Waals surface area contributed by atoms with Crippen molar-refractivity contribution in [2.45, 2.75) is 11.1 Å². The lowest BCUT2D eigenvalue weighted by Gasteiger charge is -2.09. The lowest BCUT2D eigenvalue weighted by molar-refractivity contribution is -0.137. The molecule has 0 spiro atoms. The predicted molar refractivity (Wildman–Crippen MR) is 109 cm³/mol. The Hall–Kier alpha value is -2.84. The molecule has 0 radical (unpaired) electrons. The molecule has 0 aliphatic rings. The Labute approximate surface area is 173 Å². The van der Waals surface area contributed by atoms with Crippen molar-refractivity contribution in [1.82, 2.24) is 9.29 Å². The van der Waals surface area contributed by atoms with E-state index in [-0.39, 0.29) is 5.56 Å². The average molecular weight is 434 g/mol. The third kappa shape index (κ3) is 3.68. The number of rotatable bonds is 4.